The molecule has 1 N–H and O–H groups in total. The van der Waals surface area contributed by atoms with Gasteiger partial charge in [-0.2, -0.15) is 0 Å². The molecule has 1 amide bonds. The van der Waals surface area contributed by atoms with E-state index in [1.807, 2.05) is 108 Å². The van der Waals surface area contributed by atoms with Gasteiger partial charge in [-0.1, -0.05) is 91.0 Å². The molecule has 41 heavy (non-hydrogen) atoms. The molecule has 4 heterocycles. The van der Waals surface area contributed by atoms with E-state index >= 15 is 0 Å². The van der Waals surface area contributed by atoms with E-state index in [-0.39, 0.29) is 23.2 Å². The first-order chi connectivity index (χ1) is 20.1. The molecule has 4 aromatic carbocycles. The average Bonchev–Trinajstić information content (AvgIpc) is 3.68. The van der Waals surface area contributed by atoms with Crippen molar-refractivity contribution in [2.24, 2.45) is 5.92 Å². The third kappa shape index (κ3) is 3.16. The van der Waals surface area contributed by atoms with Crippen LogP contribution in [0.2, 0.25) is 0 Å². The van der Waals surface area contributed by atoms with Crippen molar-refractivity contribution < 1.29 is 18.8 Å². The van der Waals surface area contributed by atoms with E-state index in [0.717, 1.165) is 16.5 Å². The van der Waals surface area contributed by atoms with Crippen molar-refractivity contribution >= 4 is 40.2 Å². The zero-order valence-electron chi connectivity index (χ0n) is 21.9. The van der Waals surface area contributed by atoms with Gasteiger partial charge in [0, 0.05) is 22.8 Å². The van der Waals surface area contributed by atoms with Crippen molar-refractivity contribution in [2.75, 3.05) is 5.32 Å². The second-order valence-electron chi connectivity index (χ2n) is 10.8. The number of anilines is 1. The fourth-order valence-corrected chi connectivity index (χ4v) is 7.20. The number of para-hydroxylation sites is 2. The molecular weight excluding hydrogens is 512 g/mol. The van der Waals surface area contributed by atoms with Crippen LogP contribution < -0.4 is 5.32 Å². The second kappa shape index (κ2) is 8.63. The van der Waals surface area contributed by atoms with Crippen LogP contribution in [0.15, 0.2) is 120 Å². The summed E-state index contributed by atoms with van der Waals surface area (Å²) in [6.07, 6.45) is 3.83. The molecule has 3 aliphatic rings. The van der Waals surface area contributed by atoms with Crippen molar-refractivity contribution in [2.45, 2.75) is 17.5 Å². The van der Waals surface area contributed by atoms with Gasteiger partial charge in [0.25, 0.3) is 0 Å². The fraction of sp³-hybridized carbons (Fsp3) is 0.114. The van der Waals surface area contributed by atoms with Crippen LogP contribution >= 0.6 is 0 Å². The van der Waals surface area contributed by atoms with Gasteiger partial charge >= 0.3 is 0 Å². The predicted molar refractivity (Wildman–Crippen MR) is 155 cm³/mol. The van der Waals surface area contributed by atoms with E-state index in [0.29, 0.717) is 22.4 Å². The topological polar surface area (TPSA) is 79.6 Å². The molecule has 0 aliphatic carbocycles. The number of fused-ring (bicyclic) bond motifs is 7. The number of carbonyl (C=O) groups excluding carboxylic acids is 3. The minimum Gasteiger partial charge on any atom is -0.453 e. The number of nitrogens with zero attached hydrogens (tertiary/aromatic N) is 1. The molecule has 0 unspecified atom stereocenters. The molecule has 8 rings (SSSR count). The Balaban J connectivity index is 1.43. The van der Waals surface area contributed by atoms with Gasteiger partial charge in [-0.25, -0.2) is 0 Å². The molecule has 5 aromatic rings. The van der Waals surface area contributed by atoms with Gasteiger partial charge in [-0.15, -0.1) is 0 Å². The summed E-state index contributed by atoms with van der Waals surface area (Å²) in [6, 6.07) is 32.0. The van der Waals surface area contributed by atoms with Crippen molar-refractivity contribution in [3.05, 3.63) is 143 Å². The highest BCUT2D eigenvalue weighted by atomic mass is 16.3. The van der Waals surface area contributed by atoms with E-state index in [2.05, 4.69) is 5.32 Å². The molecule has 1 saturated heterocycles. The van der Waals surface area contributed by atoms with Gasteiger partial charge in [0.15, 0.2) is 11.5 Å². The largest absolute Gasteiger partial charge is 0.453 e. The van der Waals surface area contributed by atoms with E-state index < -0.39 is 23.4 Å². The van der Waals surface area contributed by atoms with Gasteiger partial charge in [-0.3, -0.25) is 14.4 Å². The molecule has 0 saturated carbocycles. The van der Waals surface area contributed by atoms with E-state index in [4.69, 9.17) is 4.42 Å². The first-order valence-electron chi connectivity index (χ1n) is 13.7. The molecule has 6 heteroatoms. The number of rotatable bonds is 4. The molecule has 198 valence electrons. The third-order valence-corrected chi connectivity index (χ3v) is 8.85. The highest BCUT2D eigenvalue weighted by Gasteiger charge is 2.71. The van der Waals surface area contributed by atoms with Gasteiger partial charge < -0.3 is 14.6 Å². The lowest BCUT2D eigenvalue weighted by atomic mass is 9.63. The smallest absolute Gasteiger partial charge is 0.238 e. The SMILES string of the molecule is O=C(c1ccccc1)[C@@H]1[C@@H](C(=O)c2cc3ccccc3o2)[C@@]2(C(=O)Nc3ccccc32)[C@H]2c3ccccc3C=CN12. The van der Waals surface area contributed by atoms with Crippen LogP contribution in [0.5, 0.6) is 0 Å². The molecule has 0 bridgehead atoms. The highest BCUT2D eigenvalue weighted by molar-refractivity contribution is 6.16. The first-order valence-corrected chi connectivity index (χ1v) is 13.7. The first kappa shape index (κ1) is 23.6. The lowest BCUT2D eigenvalue weighted by Crippen LogP contribution is -2.49. The fourth-order valence-electron chi connectivity index (χ4n) is 7.20. The van der Waals surface area contributed by atoms with Crippen molar-refractivity contribution in [1.82, 2.24) is 4.90 Å². The maximum Gasteiger partial charge on any atom is 0.238 e. The van der Waals surface area contributed by atoms with Crippen LogP contribution in [-0.4, -0.2) is 28.4 Å². The average molecular weight is 537 g/mol. The number of amides is 1. The predicted octanol–water partition coefficient (Wildman–Crippen LogP) is 6.41. The maximum atomic E-state index is 14.9. The van der Waals surface area contributed by atoms with Gasteiger partial charge in [0.2, 0.25) is 11.7 Å². The minimum absolute atomic E-state index is 0.135. The zero-order valence-corrected chi connectivity index (χ0v) is 21.9. The van der Waals surface area contributed by atoms with Gasteiger partial charge in [-0.05, 0) is 41.0 Å². The Bertz CT molecular complexity index is 1890. The molecule has 1 aromatic heterocycles. The molecule has 1 spiro atoms. The summed E-state index contributed by atoms with van der Waals surface area (Å²) in [6.45, 7) is 0. The van der Waals surface area contributed by atoms with E-state index in [1.54, 1.807) is 18.2 Å². The number of ketones is 2. The second-order valence-corrected chi connectivity index (χ2v) is 10.8. The molecule has 3 aliphatic heterocycles. The molecule has 6 nitrogen and oxygen atoms in total. The minimum atomic E-state index is -1.39. The number of furan rings is 1. The quantitative estimate of drug-likeness (QED) is 0.268. The normalized spacial score (nSPS) is 23.8. The Morgan fingerprint density at radius 3 is 2.39 bits per heavy atom. The summed E-state index contributed by atoms with van der Waals surface area (Å²) in [5, 5.41) is 3.86. The Kier molecular flexibility index (Phi) is 4.98. The number of hydrogen-bond donors (Lipinski definition) is 1. The Morgan fingerprint density at radius 2 is 1.54 bits per heavy atom. The number of carbonyl (C=O) groups is 3. The van der Waals surface area contributed by atoms with Crippen LogP contribution in [0.1, 0.15) is 43.6 Å². The van der Waals surface area contributed by atoms with Gasteiger partial charge in [0.1, 0.15) is 17.0 Å². The van der Waals surface area contributed by atoms with Crippen LogP contribution in [0.3, 0.4) is 0 Å². The van der Waals surface area contributed by atoms with Crippen LogP contribution in [0.4, 0.5) is 5.69 Å². The molecule has 1 fully saturated rings. The third-order valence-electron chi connectivity index (χ3n) is 8.85. The zero-order chi connectivity index (χ0) is 27.7. The molecule has 0 radical (unpaired) electrons. The standard InChI is InChI=1S/C35H24N2O4/c38-31(22-11-2-1-3-12-22)30-29(32(39)28-20-23-13-5-9-17-27(23)41-28)35(25-15-7-8-16-26(25)36-34(35)40)33-24-14-6-4-10-21(24)18-19-37(30)33/h1-20,29-30,33H,(H,36,40)/t29-,30-,33+,35+/m0/s1. The summed E-state index contributed by atoms with van der Waals surface area (Å²) in [5.41, 5.74) is 2.88. The Hall–Kier alpha value is -5.23. The van der Waals surface area contributed by atoms with Crippen LogP contribution in [0.25, 0.3) is 17.0 Å². The molecule has 4 atom stereocenters. The van der Waals surface area contributed by atoms with Crippen molar-refractivity contribution in [1.29, 1.82) is 0 Å². The summed E-state index contributed by atoms with van der Waals surface area (Å²) >= 11 is 0. The Morgan fingerprint density at radius 1 is 0.805 bits per heavy atom. The lowest BCUT2D eigenvalue weighted by molar-refractivity contribution is -0.122. The van der Waals surface area contributed by atoms with Crippen molar-refractivity contribution in [3.63, 3.8) is 0 Å². The van der Waals surface area contributed by atoms with E-state index in [9.17, 15) is 14.4 Å². The molecular formula is C35H24N2O4. The van der Waals surface area contributed by atoms with E-state index in [1.165, 1.54) is 0 Å². The van der Waals surface area contributed by atoms with Crippen LogP contribution in [0, 0.1) is 5.92 Å². The van der Waals surface area contributed by atoms with Crippen molar-refractivity contribution in [3.8, 4) is 0 Å². The van der Waals surface area contributed by atoms with Crippen LogP contribution in [-0.2, 0) is 10.2 Å². The summed E-state index contributed by atoms with van der Waals surface area (Å²) in [5.74, 6) is -1.82. The summed E-state index contributed by atoms with van der Waals surface area (Å²) in [4.78, 5) is 45.8. The highest BCUT2D eigenvalue weighted by Crippen LogP contribution is 2.62. The maximum absolute atomic E-state index is 14.9. The number of hydrogen-bond acceptors (Lipinski definition) is 5. The lowest BCUT2D eigenvalue weighted by Gasteiger charge is -2.38. The van der Waals surface area contributed by atoms with Gasteiger partial charge in [0.05, 0.1) is 12.0 Å². The monoisotopic (exact) mass is 536 g/mol. The Labute approximate surface area is 235 Å². The summed E-state index contributed by atoms with van der Waals surface area (Å²) in [7, 11) is 0. The summed E-state index contributed by atoms with van der Waals surface area (Å²) < 4.78 is 6.10. The number of benzene rings is 4. The number of Topliss-reactive ketones (excluding diaryl/α,β-unsaturated/α-hetero) is 2. The number of nitrogens with one attached hydrogen (secondary N) is 1.